The number of amides is 1. The topological polar surface area (TPSA) is 82.8 Å². The van der Waals surface area contributed by atoms with E-state index in [2.05, 4.69) is 5.32 Å². The van der Waals surface area contributed by atoms with E-state index in [1.54, 1.807) is 42.5 Å². The third-order valence-corrected chi connectivity index (χ3v) is 5.93. The Morgan fingerprint density at radius 2 is 1.88 bits per heavy atom. The third kappa shape index (κ3) is 4.55. The molecule has 0 radical (unpaired) electrons. The van der Waals surface area contributed by atoms with Crippen LogP contribution in [0.3, 0.4) is 0 Å². The van der Waals surface area contributed by atoms with Crippen molar-refractivity contribution in [2.24, 2.45) is 0 Å². The Morgan fingerprint density at radius 3 is 2.56 bits per heavy atom. The summed E-state index contributed by atoms with van der Waals surface area (Å²) in [5.74, 6) is -0.757. The minimum Gasteiger partial charge on any atom is -0.480 e. The van der Waals surface area contributed by atoms with Crippen molar-refractivity contribution in [3.05, 3.63) is 87.7 Å². The van der Waals surface area contributed by atoms with Crippen molar-refractivity contribution >= 4 is 58.5 Å². The first-order chi connectivity index (χ1) is 15.3. The Morgan fingerprint density at radius 1 is 1.12 bits per heavy atom. The maximum absolute atomic E-state index is 13.0. The smallest absolute Gasteiger partial charge is 0.327 e. The fraction of sp³-hybridized carbons (Fsp3) is 0.0870. The van der Waals surface area contributed by atoms with Gasteiger partial charge in [-0.25, -0.2) is 4.79 Å². The molecule has 1 fully saturated rings. The van der Waals surface area contributed by atoms with Crippen LogP contribution in [0.5, 0.6) is 0 Å². The first-order valence-corrected chi connectivity index (χ1v) is 10.7. The van der Waals surface area contributed by atoms with Crippen LogP contribution in [0.25, 0.3) is 17.4 Å². The quantitative estimate of drug-likeness (QED) is 0.376. The van der Waals surface area contributed by atoms with E-state index in [9.17, 15) is 14.7 Å². The summed E-state index contributed by atoms with van der Waals surface area (Å²) in [7, 11) is 0. The first-order valence-electron chi connectivity index (χ1n) is 9.51. The van der Waals surface area contributed by atoms with Gasteiger partial charge in [-0.05, 0) is 48.1 Å². The summed E-state index contributed by atoms with van der Waals surface area (Å²) in [4.78, 5) is 26.0. The zero-order valence-electron chi connectivity index (χ0n) is 16.4. The average Bonchev–Trinajstić information content (AvgIpc) is 3.34. The molecule has 2 aromatic carbocycles. The summed E-state index contributed by atoms with van der Waals surface area (Å²) < 4.78 is 5.80. The normalized spacial score (nSPS) is 15.8. The van der Waals surface area contributed by atoms with Crippen LogP contribution < -0.4 is 5.32 Å². The lowest BCUT2D eigenvalue weighted by Gasteiger charge is -2.22. The standard InChI is InChI=1S/C23H16Cl2N2O4S/c24-16-8-6-14(11-17(16)25)20-9-7-15(31-20)12-18-21(28)27(23(32)26-18)19(22(29)30)10-13-4-2-1-3-5-13/h1-9,11-12,19H,10H2,(H,26,32)(H,29,30)/b18-12-/t19-/m0/s1. The number of aliphatic carboxylic acids is 1. The van der Waals surface area contributed by atoms with Gasteiger partial charge in [-0.3, -0.25) is 9.69 Å². The lowest BCUT2D eigenvalue weighted by atomic mass is 10.0. The van der Waals surface area contributed by atoms with Crippen LogP contribution in [0.1, 0.15) is 11.3 Å². The van der Waals surface area contributed by atoms with E-state index in [1.165, 1.54) is 6.08 Å². The molecule has 2 heterocycles. The van der Waals surface area contributed by atoms with Gasteiger partial charge in [0.1, 0.15) is 23.3 Å². The number of carbonyl (C=O) groups is 2. The highest BCUT2D eigenvalue weighted by Crippen LogP contribution is 2.30. The van der Waals surface area contributed by atoms with Crippen LogP contribution in [0, 0.1) is 0 Å². The Balaban J connectivity index is 1.57. The number of benzene rings is 2. The number of hydrogen-bond donors (Lipinski definition) is 2. The fourth-order valence-electron chi connectivity index (χ4n) is 3.34. The van der Waals surface area contributed by atoms with Crippen molar-refractivity contribution < 1.29 is 19.1 Å². The minimum atomic E-state index is -1.15. The fourth-order valence-corrected chi connectivity index (χ4v) is 3.95. The van der Waals surface area contributed by atoms with Gasteiger partial charge in [0, 0.05) is 18.1 Å². The average molecular weight is 487 g/mol. The van der Waals surface area contributed by atoms with Gasteiger partial charge in [-0.15, -0.1) is 0 Å². The summed E-state index contributed by atoms with van der Waals surface area (Å²) >= 11 is 17.3. The van der Waals surface area contributed by atoms with Crippen LogP contribution in [0.2, 0.25) is 10.0 Å². The number of nitrogens with zero attached hydrogens (tertiary/aromatic N) is 1. The Hall–Kier alpha value is -3.13. The summed E-state index contributed by atoms with van der Waals surface area (Å²) in [6.45, 7) is 0. The molecule has 2 N–H and O–H groups in total. The summed E-state index contributed by atoms with van der Waals surface area (Å²) in [5.41, 5.74) is 1.63. The number of halogens is 2. The van der Waals surface area contributed by atoms with Crippen molar-refractivity contribution in [1.82, 2.24) is 10.2 Å². The number of nitrogens with one attached hydrogen (secondary N) is 1. The molecule has 3 aromatic rings. The number of carbonyl (C=O) groups excluding carboxylic acids is 1. The largest absolute Gasteiger partial charge is 0.480 e. The van der Waals surface area contributed by atoms with Gasteiger partial charge < -0.3 is 14.8 Å². The van der Waals surface area contributed by atoms with Gasteiger partial charge in [0.05, 0.1) is 10.0 Å². The molecule has 0 bridgehead atoms. The molecule has 9 heteroatoms. The minimum absolute atomic E-state index is 0.0286. The predicted molar refractivity (Wildman–Crippen MR) is 126 cm³/mol. The first kappa shape index (κ1) is 22.1. The molecule has 0 saturated carbocycles. The molecular formula is C23H16Cl2N2O4S. The number of hydrogen-bond acceptors (Lipinski definition) is 4. The van der Waals surface area contributed by atoms with E-state index >= 15 is 0 Å². The van der Waals surface area contributed by atoms with Crippen molar-refractivity contribution in [3.8, 4) is 11.3 Å². The second-order valence-corrected chi connectivity index (χ2v) is 8.24. The highest BCUT2D eigenvalue weighted by atomic mass is 35.5. The molecule has 0 aliphatic carbocycles. The van der Waals surface area contributed by atoms with Gasteiger partial charge >= 0.3 is 5.97 Å². The molecule has 4 rings (SSSR count). The molecule has 1 saturated heterocycles. The van der Waals surface area contributed by atoms with Gasteiger partial charge in [0.2, 0.25) is 0 Å². The van der Waals surface area contributed by atoms with Crippen LogP contribution in [0.15, 0.2) is 70.8 Å². The Labute approximate surface area is 199 Å². The van der Waals surface area contributed by atoms with Crippen molar-refractivity contribution in [2.75, 3.05) is 0 Å². The molecule has 1 amide bonds. The second kappa shape index (κ2) is 9.16. The van der Waals surface area contributed by atoms with Crippen molar-refractivity contribution in [2.45, 2.75) is 12.5 Å². The molecule has 1 aliphatic heterocycles. The van der Waals surface area contributed by atoms with Crippen LogP contribution >= 0.6 is 35.4 Å². The monoisotopic (exact) mass is 486 g/mol. The predicted octanol–water partition coefficient (Wildman–Crippen LogP) is 5.01. The van der Waals surface area contributed by atoms with E-state index in [0.29, 0.717) is 21.6 Å². The van der Waals surface area contributed by atoms with Gasteiger partial charge in [0.25, 0.3) is 5.91 Å². The number of thiocarbonyl (C=S) groups is 1. The second-order valence-electron chi connectivity index (χ2n) is 7.04. The highest BCUT2D eigenvalue weighted by Gasteiger charge is 2.39. The molecule has 162 valence electrons. The molecule has 1 aliphatic rings. The van der Waals surface area contributed by atoms with Gasteiger partial charge in [-0.2, -0.15) is 0 Å². The lowest BCUT2D eigenvalue weighted by Crippen LogP contribution is -2.46. The third-order valence-electron chi connectivity index (χ3n) is 4.90. The van der Waals surface area contributed by atoms with E-state index in [4.69, 9.17) is 39.8 Å². The number of carboxylic acids is 1. The number of furan rings is 1. The molecule has 0 unspecified atom stereocenters. The van der Waals surface area contributed by atoms with Crippen LogP contribution in [-0.4, -0.2) is 33.0 Å². The molecule has 6 nitrogen and oxygen atoms in total. The summed E-state index contributed by atoms with van der Waals surface area (Å²) in [6.07, 6.45) is 1.61. The van der Waals surface area contributed by atoms with Crippen LogP contribution in [0.4, 0.5) is 0 Å². The molecule has 1 atom stereocenters. The van der Waals surface area contributed by atoms with Gasteiger partial charge in [-0.1, -0.05) is 53.5 Å². The Kier molecular flexibility index (Phi) is 6.32. The van der Waals surface area contributed by atoms with E-state index in [0.717, 1.165) is 16.0 Å². The maximum Gasteiger partial charge on any atom is 0.327 e. The number of rotatable bonds is 6. The highest BCUT2D eigenvalue weighted by molar-refractivity contribution is 7.80. The summed E-state index contributed by atoms with van der Waals surface area (Å²) in [6, 6.07) is 16.4. The Bertz CT molecular complexity index is 1240. The zero-order chi connectivity index (χ0) is 22.8. The van der Waals surface area contributed by atoms with Crippen molar-refractivity contribution in [3.63, 3.8) is 0 Å². The van der Waals surface area contributed by atoms with Gasteiger partial charge in [0.15, 0.2) is 5.11 Å². The summed E-state index contributed by atoms with van der Waals surface area (Å²) in [5, 5.41) is 13.4. The van der Waals surface area contributed by atoms with E-state index < -0.39 is 17.9 Å². The molecule has 1 aromatic heterocycles. The zero-order valence-corrected chi connectivity index (χ0v) is 18.7. The van der Waals surface area contributed by atoms with E-state index in [-0.39, 0.29) is 17.2 Å². The van der Waals surface area contributed by atoms with Crippen molar-refractivity contribution in [1.29, 1.82) is 0 Å². The van der Waals surface area contributed by atoms with Crippen LogP contribution in [-0.2, 0) is 16.0 Å². The SMILES string of the molecule is O=C(O)[C@H](Cc1ccccc1)N1C(=O)/C(=C/c2ccc(-c3ccc(Cl)c(Cl)c3)o2)NC1=S. The molecular weight excluding hydrogens is 471 g/mol. The van der Waals surface area contributed by atoms with E-state index in [1.807, 2.05) is 18.2 Å². The number of carboxylic acid groups (broad SMARTS) is 1. The lowest BCUT2D eigenvalue weighted by molar-refractivity contribution is -0.145. The molecule has 0 spiro atoms. The maximum atomic E-state index is 13.0. The molecule has 32 heavy (non-hydrogen) atoms.